The molecular weight excluding hydrogens is 292 g/mol. The Morgan fingerprint density at radius 1 is 1.27 bits per heavy atom. The Morgan fingerprint density at radius 2 is 1.95 bits per heavy atom. The van der Waals surface area contributed by atoms with Crippen LogP contribution in [-0.2, 0) is 10.2 Å². The van der Waals surface area contributed by atoms with Crippen LogP contribution >= 0.6 is 11.8 Å². The van der Waals surface area contributed by atoms with E-state index < -0.39 is 0 Å². The average Bonchev–Trinajstić information content (AvgIpc) is 2.70. The molecule has 0 spiro atoms. The summed E-state index contributed by atoms with van der Waals surface area (Å²) in [5, 5.41) is 0. The second kappa shape index (κ2) is 6.09. The van der Waals surface area contributed by atoms with Crippen LogP contribution in [0.1, 0.15) is 19.4 Å². The van der Waals surface area contributed by atoms with Crippen LogP contribution in [0.15, 0.2) is 36.0 Å². The first kappa shape index (κ1) is 15.6. The molecule has 0 aliphatic carbocycles. The van der Waals surface area contributed by atoms with E-state index >= 15 is 0 Å². The van der Waals surface area contributed by atoms with Gasteiger partial charge in [-0.05, 0) is 11.6 Å². The molecule has 2 aliphatic heterocycles. The summed E-state index contributed by atoms with van der Waals surface area (Å²) in [6.07, 6.45) is 1.86. The zero-order valence-electron chi connectivity index (χ0n) is 13.6. The summed E-state index contributed by atoms with van der Waals surface area (Å²) >= 11 is 1.97. The van der Waals surface area contributed by atoms with Gasteiger partial charge in [0.1, 0.15) is 0 Å². The summed E-state index contributed by atoms with van der Waals surface area (Å²) in [7, 11) is 2.06. The molecule has 118 valence electrons. The number of hydrogen-bond acceptors (Lipinski definition) is 4. The molecule has 22 heavy (non-hydrogen) atoms. The van der Waals surface area contributed by atoms with E-state index in [1.807, 2.05) is 17.8 Å². The first-order valence-corrected chi connectivity index (χ1v) is 9.04. The Bertz CT molecular complexity index is 603. The smallest absolute Gasteiger partial charge is 0.171 e. The molecule has 0 aromatic heterocycles. The fourth-order valence-electron chi connectivity index (χ4n) is 3.44. The highest BCUT2D eigenvalue weighted by molar-refractivity contribution is 7.99. The van der Waals surface area contributed by atoms with Gasteiger partial charge in [-0.2, -0.15) is 11.8 Å². The van der Waals surface area contributed by atoms with Crippen LogP contribution in [0, 0.1) is 0 Å². The van der Waals surface area contributed by atoms with Crippen LogP contribution in [0.25, 0.3) is 0 Å². The van der Waals surface area contributed by atoms with Crippen molar-refractivity contribution in [2.75, 3.05) is 43.1 Å². The maximum Gasteiger partial charge on any atom is 0.171 e. The number of carbonyl (C=O) groups is 1. The average molecular weight is 316 g/mol. The highest BCUT2D eigenvalue weighted by Gasteiger charge is 2.38. The monoisotopic (exact) mass is 316 g/mol. The van der Waals surface area contributed by atoms with E-state index in [-0.39, 0.29) is 11.2 Å². The van der Waals surface area contributed by atoms with E-state index in [2.05, 4.69) is 55.0 Å². The standard InChI is InChI=1S/C18H24N2OS/c1-18(2)15-6-4-5-7-16(15)19(3)17(18)12-14(21)13-20-8-10-22-11-9-20/h4-7,12H,8-11,13H2,1-3H3/b17-12-. The number of para-hydroxylation sites is 1. The van der Waals surface area contributed by atoms with Crippen LogP contribution in [0.5, 0.6) is 0 Å². The fraction of sp³-hybridized carbons (Fsp3) is 0.500. The summed E-state index contributed by atoms with van der Waals surface area (Å²) < 4.78 is 0. The number of nitrogens with zero attached hydrogens (tertiary/aromatic N) is 2. The van der Waals surface area contributed by atoms with Crippen molar-refractivity contribution in [2.24, 2.45) is 0 Å². The van der Waals surface area contributed by atoms with E-state index in [4.69, 9.17) is 0 Å². The number of carbonyl (C=O) groups excluding carboxylic acids is 1. The second-order valence-electron chi connectivity index (χ2n) is 6.59. The highest BCUT2D eigenvalue weighted by atomic mass is 32.2. The molecule has 2 aliphatic rings. The molecule has 3 nitrogen and oxygen atoms in total. The Hall–Kier alpha value is -1.26. The Balaban J connectivity index is 1.80. The van der Waals surface area contributed by atoms with Crippen LogP contribution in [0.4, 0.5) is 5.69 Å². The summed E-state index contributed by atoms with van der Waals surface area (Å²) in [5.74, 6) is 2.50. The molecule has 0 unspecified atom stereocenters. The highest BCUT2D eigenvalue weighted by Crippen LogP contribution is 2.46. The fourth-order valence-corrected chi connectivity index (χ4v) is 4.42. The summed E-state index contributed by atoms with van der Waals surface area (Å²) in [6, 6.07) is 8.43. The van der Waals surface area contributed by atoms with Gasteiger partial charge in [0.15, 0.2) is 5.78 Å². The molecule has 0 saturated carbocycles. The van der Waals surface area contributed by atoms with E-state index in [0.717, 1.165) is 30.3 Å². The molecule has 0 atom stereocenters. The largest absolute Gasteiger partial charge is 0.347 e. The van der Waals surface area contributed by atoms with Crippen molar-refractivity contribution >= 4 is 23.2 Å². The lowest BCUT2D eigenvalue weighted by Crippen LogP contribution is -2.36. The number of hydrogen-bond donors (Lipinski definition) is 0. The number of benzene rings is 1. The topological polar surface area (TPSA) is 23.6 Å². The third kappa shape index (κ3) is 2.82. The van der Waals surface area contributed by atoms with Gasteiger partial charge in [0.05, 0.1) is 6.54 Å². The minimum absolute atomic E-state index is 0.112. The molecule has 0 amide bonds. The molecule has 1 aromatic carbocycles. The number of rotatable bonds is 3. The molecule has 3 rings (SSSR count). The van der Waals surface area contributed by atoms with Crippen molar-refractivity contribution in [2.45, 2.75) is 19.3 Å². The maximum absolute atomic E-state index is 12.5. The summed E-state index contributed by atoms with van der Waals surface area (Å²) in [6.45, 7) is 7.00. The Morgan fingerprint density at radius 3 is 2.64 bits per heavy atom. The second-order valence-corrected chi connectivity index (χ2v) is 7.81. The van der Waals surface area contributed by atoms with E-state index in [0.29, 0.717) is 6.54 Å². The molecule has 1 aromatic rings. The number of ketones is 1. The van der Waals surface area contributed by atoms with Crippen molar-refractivity contribution in [3.8, 4) is 0 Å². The quantitative estimate of drug-likeness (QED) is 0.800. The molecule has 1 fully saturated rings. The van der Waals surface area contributed by atoms with Crippen LogP contribution in [0.3, 0.4) is 0 Å². The Kier molecular flexibility index (Phi) is 4.33. The summed E-state index contributed by atoms with van der Waals surface area (Å²) in [5.41, 5.74) is 3.50. The molecule has 0 N–H and O–H groups in total. The summed E-state index contributed by atoms with van der Waals surface area (Å²) in [4.78, 5) is 16.9. The van der Waals surface area contributed by atoms with Crippen LogP contribution in [-0.4, -0.2) is 48.9 Å². The molecular formula is C18H24N2OS. The normalized spacial score (nSPS) is 22.9. The van der Waals surface area contributed by atoms with Gasteiger partial charge in [0, 0.05) is 54.5 Å². The molecule has 2 heterocycles. The lowest BCUT2D eigenvalue weighted by Gasteiger charge is -2.26. The lowest BCUT2D eigenvalue weighted by atomic mass is 9.83. The molecule has 0 radical (unpaired) electrons. The molecule has 1 saturated heterocycles. The van der Waals surface area contributed by atoms with Crippen molar-refractivity contribution in [3.63, 3.8) is 0 Å². The molecule has 4 heteroatoms. The molecule has 0 bridgehead atoms. The van der Waals surface area contributed by atoms with Gasteiger partial charge >= 0.3 is 0 Å². The van der Waals surface area contributed by atoms with Crippen molar-refractivity contribution in [3.05, 3.63) is 41.6 Å². The van der Waals surface area contributed by atoms with Crippen molar-refractivity contribution < 1.29 is 4.79 Å². The van der Waals surface area contributed by atoms with E-state index in [1.165, 1.54) is 11.3 Å². The predicted molar refractivity (Wildman–Crippen MR) is 94.7 cm³/mol. The number of anilines is 1. The zero-order chi connectivity index (χ0) is 15.7. The third-order valence-electron chi connectivity index (χ3n) is 4.72. The van der Waals surface area contributed by atoms with Crippen molar-refractivity contribution in [1.82, 2.24) is 4.90 Å². The van der Waals surface area contributed by atoms with Gasteiger partial charge < -0.3 is 4.90 Å². The van der Waals surface area contributed by atoms with Crippen molar-refractivity contribution in [1.29, 1.82) is 0 Å². The van der Waals surface area contributed by atoms with Gasteiger partial charge in [0.2, 0.25) is 0 Å². The first-order chi connectivity index (χ1) is 10.5. The van der Waals surface area contributed by atoms with Gasteiger partial charge in [-0.25, -0.2) is 0 Å². The van der Waals surface area contributed by atoms with Gasteiger partial charge in [-0.15, -0.1) is 0 Å². The lowest BCUT2D eigenvalue weighted by molar-refractivity contribution is -0.115. The van der Waals surface area contributed by atoms with Gasteiger partial charge in [-0.3, -0.25) is 9.69 Å². The third-order valence-corrected chi connectivity index (χ3v) is 5.66. The van der Waals surface area contributed by atoms with E-state index in [1.54, 1.807) is 0 Å². The number of likely N-dealkylation sites (N-methyl/N-ethyl adjacent to an activating group) is 1. The van der Waals surface area contributed by atoms with Crippen LogP contribution in [0.2, 0.25) is 0 Å². The number of allylic oxidation sites excluding steroid dienone is 1. The van der Waals surface area contributed by atoms with Gasteiger partial charge in [0.25, 0.3) is 0 Å². The van der Waals surface area contributed by atoms with Gasteiger partial charge in [-0.1, -0.05) is 32.0 Å². The zero-order valence-corrected chi connectivity index (χ0v) is 14.4. The van der Waals surface area contributed by atoms with Crippen LogP contribution < -0.4 is 4.90 Å². The first-order valence-electron chi connectivity index (χ1n) is 7.88. The minimum Gasteiger partial charge on any atom is -0.347 e. The Labute approximate surface area is 137 Å². The number of thioether (sulfide) groups is 1. The minimum atomic E-state index is -0.112. The maximum atomic E-state index is 12.5. The predicted octanol–water partition coefficient (Wildman–Crippen LogP) is 2.92. The SMILES string of the molecule is CN1/C(=C\C(=O)CN2CCSCC2)C(C)(C)c2ccccc21. The van der Waals surface area contributed by atoms with E-state index in [9.17, 15) is 4.79 Å². The number of fused-ring (bicyclic) bond motifs is 1.